The molecule has 0 atom stereocenters. The highest BCUT2D eigenvalue weighted by molar-refractivity contribution is 5.79. The number of hydrogen-bond donors (Lipinski definition) is 1. The highest BCUT2D eigenvalue weighted by Gasteiger charge is 2.30. The van der Waals surface area contributed by atoms with E-state index in [9.17, 15) is 13.2 Å². The summed E-state index contributed by atoms with van der Waals surface area (Å²) < 4.78 is 45.7. The fourth-order valence-electron chi connectivity index (χ4n) is 2.73. The van der Waals surface area contributed by atoms with Crippen molar-refractivity contribution in [2.75, 3.05) is 25.6 Å². The Bertz CT molecular complexity index is 934. The van der Waals surface area contributed by atoms with Crippen LogP contribution in [0.1, 0.15) is 16.8 Å². The van der Waals surface area contributed by atoms with Crippen molar-refractivity contribution in [3.05, 3.63) is 47.3 Å². The first kappa shape index (κ1) is 18.2. The van der Waals surface area contributed by atoms with Gasteiger partial charge in [0.15, 0.2) is 5.65 Å². The molecule has 0 spiro atoms. The van der Waals surface area contributed by atoms with E-state index >= 15 is 0 Å². The number of halogens is 3. The largest absolute Gasteiger partial charge is 0.416 e. The van der Waals surface area contributed by atoms with E-state index in [0.717, 1.165) is 29.2 Å². The van der Waals surface area contributed by atoms with Gasteiger partial charge in [-0.1, -0.05) is 12.1 Å². The molecule has 26 heavy (non-hydrogen) atoms. The molecular weight excluding hydrogens is 345 g/mol. The molecule has 3 aromatic rings. The van der Waals surface area contributed by atoms with Gasteiger partial charge in [0.25, 0.3) is 0 Å². The lowest BCUT2D eigenvalue weighted by Crippen LogP contribution is -2.14. The predicted octanol–water partition coefficient (Wildman–Crippen LogP) is 4.09. The van der Waals surface area contributed by atoms with Crippen LogP contribution in [0.25, 0.3) is 16.8 Å². The summed E-state index contributed by atoms with van der Waals surface area (Å²) in [5, 5.41) is 7.59. The number of aryl methyl sites for hydroxylation is 1. The van der Waals surface area contributed by atoms with Crippen molar-refractivity contribution >= 4 is 11.5 Å². The minimum absolute atomic E-state index is 0.424. The van der Waals surface area contributed by atoms with Gasteiger partial charge in [0.1, 0.15) is 5.82 Å². The number of benzene rings is 1. The molecule has 2 aromatic heterocycles. The molecule has 0 fully saturated rings. The zero-order chi connectivity index (χ0) is 18.9. The zero-order valence-corrected chi connectivity index (χ0v) is 14.7. The van der Waals surface area contributed by atoms with Crippen LogP contribution in [-0.2, 0) is 10.9 Å². The first-order valence-electron chi connectivity index (χ1n) is 8.08. The fraction of sp³-hybridized carbons (Fsp3) is 0.333. The van der Waals surface area contributed by atoms with Gasteiger partial charge in [-0.25, -0.2) is 4.98 Å². The van der Waals surface area contributed by atoms with Crippen LogP contribution >= 0.6 is 0 Å². The predicted molar refractivity (Wildman–Crippen MR) is 93.3 cm³/mol. The summed E-state index contributed by atoms with van der Waals surface area (Å²) in [5.74, 6) is 0.753. The van der Waals surface area contributed by atoms with Gasteiger partial charge >= 0.3 is 6.18 Å². The van der Waals surface area contributed by atoms with E-state index in [0.29, 0.717) is 29.9 Å². The summed E-state index contributed by atoms with van der Waals surface area (Å²) in [6.45, 7) is 4.88. The van der Waals surface area contributed by atoms with Crippen molar-refractivity contribution < 1.29 is 17.9 Å². The number of aromatic nitrogens is 3. The van der Waals surface area contributed by atoms with Crippen LogP contribution in [0.15, 0.2) is 30.5 Å². The topological polar surface area (TPSA) is 51.5 Å². The van der Waals surface area contributed by atoms with Crippen molar-refractivity contribution in [1.82, 2.24) is 14.6 Å². The van der Waals surface area contributed by atoms with Crippen molar-refractivity contribution in [2.24, 2.45) is 0 Å². The summed E-state index contributed by atoms with van der Waals surface area (Å²) in [4.78, 5) is 4.54. The Morgan fingerprint density at radius 1 is 1.23 bits per heavy atom. The van der Waals surface area contributed by atoms with E-state index in [1.807, 2.05) is 13.8 Å². The molecule has 8 heteroatoms. The molecule has 0 aliphatic rings. The van der Waals surface area contributed by atoms with Crippen LogP contribution in [0.4, 0.5) is 19.0 Å². The minimum atomic E-state index is -4.40. The molecule has 0 aliphatic heterocycles. The van der Waals surface area contributed by atoms with Gasteiger partial charge < -0.3 is 10.1 Å². The fourth-order valence-corrected chi connectivity index (χ4v) is 2.73. The smallest absolute Gasteiger partial charge is 0.383 e. The summed E-state index contributed by atoms with van der Waals surface area (Å²) in [5.41, 5.74) is 2.49. The maximum absolute atomic E-state index is 13.0. The quantitative estimate of drug-likeness (QED) is 0.693. The van der Waals surface area contributed by atoms with Crippen molar-refractivity contribution in [2.45, 2.75) is 20.0 Å². The van der Waals surface area contributed by atoms with E-state index in [1.54, 1.807) is 17.7 Å². The molecular formula is C18H19F3N4O. The summed E-state index contributed by atoms with van der Waals surface area (Å²) in [6, 6.07) is 5.18. The molecule has 2 heterocycles. The Hall–Kier alpha value is -2.61. The minimum Gasteiger partial charge on any atom is -0.383 e. The highest BCUT2D eigenvalue weighted by Crippen LogP contribution is 2.34. The molecule has 5 nitrogen and oxygen atoms in total. The van der Waals surface area contributed by atoms with Crippen molar-refractivity contribution in [3.8, 4) is 11.1 Å². The van der Waals surface area contributed by atoms with Gasteiger partial charge in [-0.3, -0.25) is 0 Å². The highest BCUT2D eigenvalue weighted by atomic mass is 19.4. The van der Waals surface area contributed by atoms with Gasteiger partial charge in [0, 0.05) is 30.5 Å². The molecule has 0 bridgehead atoms. The summed E-state index contributed by atoms with van der Waals surface area (Å²) >= 11 is 0. The lowest BCUT2D eigenvalue weighted by atomic mass is 10.1. The molecule has 0 aliphatic carbocycles. The lowest BCUT2D eigenvalue weighted by molar-refractivity contribution is -0.137. The molecule has 1 N–H and O–H groups in total. The van der Waals surface area contributed by atoms with Crippen LogP contribution in [0.5, 0.6) is 0 Å². The second-order valence-corrected chi connectivity index (χ2v) is 5.96. The van der Waals surface area contributed by atoms with Gasteiger partial charge in [-0.05, 0) is 31.5 Å². The van der Waals surface area contributed by atoms with Gasteiger partial charge in [0.05, 0.1) is 18.4 Å². The average molecular weight is 364 g/mol. The second kappa shape index (κ2) is 6.95. The Balaban J connectivity index is 2.12. The first-order valence-corrected chi connectivity index (χ1v) is 8.08. The summed E-state index contributed by atoms with van der Waals surface area (Å²) in [6.07, 6.45) is -2.86. The second-order valence-electron chi connectivity index (χ2n) is 5.96. The number of methoxy groups -OCH3 is 1. The molecule has 0 radical (unpaired) electrons. The molecule has 0 saturated carbocycles. The number of alkyl halides is 3. The normalized spacial score (nSPS) is 11.9. The van der Waals surface area contributed by atoms with Crippen LogP contribution < -0.4 is 5.32 Å². The molecule has 138 valence electrons. The Kier molecular flexibility index (Phi) is 4.86. The Labute approximate surface area is 148 Å². The van der Waals surface area contributed by atoms with E-state index in [2.05, 4.69) is 15.4 Å². The van der Waals surface area contributed by atoms with Gasteiger partial charge in [0.2, 0.25) is 0 Å². The Morgan fingerprint density at radius 2 is 2.00 bits per heavy atom. The van der Waals surface area contributed by atoms with E-state index in [-0.39, 0.29) is 0 Å². The molecule has 3 rings (SSSR count). The number of ether oxygens (including phenoxy) is 1. The van der Waals surface area contributed by atoms with Gasteiger partial charge in [-0.2, -0.15) is 22.8 Å². The Morgan fingerprint density at radius 3 is 2.69 bits per heavy atom. The number of fused-ring (bicyclic) bond motifs is 1. The molecule has 0 amide bonds. The zero-order valence-electron chi connectivity index (χ0n) is 14.7. The number of hydrogen-bond acceptors (Lipinski definition) is 4. The lowest BCUT2D eigenvalue weighted by Gasteiger charge is -2.13. The van der Waals surface area contributed by atoms with Crippen molar-refractivity contribution in [3.63, 3.8) is 0 Å². The van der Waals surface area contributed by atoms with Crippen molar-refractivity contribution in [1.29, 1.82) is 0 Å². The number of nitrogens with one attached hydrogen (secondary N) is 1. The molecule has 1 aromatic carbocycles. The van der Waals surface area contributed by atoms with E-state index in [4.69, 9.17) is 4.74 Å². The van der Waals surface area contributed by atoms with Crippen LogP contribution in [-0.4, -0.2) is 34.9 Å². The van der Waals surface area contributed by atoms with E-state index < -0.39 is 11.7 Å². The molecule has 0 unspecified atom stereocenters. The third kappa shape index (κ3) is 3.37. The van der Waals surface area contributed by atoms with E-state index in [1.165, 1.54) is 12.3 Å². The third-order valence-electron chi connectivity index (χ3n) is 4.23. The maximum Gasteiger partial charge on any atom is 0.416 e. The van der Waals surface area contributed by atoms with Crippen LogP contribution in [0, 0.1) is 13.8 Å². The average Bonchev–Trinajstić information content (AvgIpc) is 3.01. The monoisotopic (exact) mass is 364 g/mol. The standard InChI is InChI=1S/C18H19F3N4O/c1-11-12(2)24-17-15(10-23-25(17)16(11)22-7-8-26-3)13-5-4-6-14(9-13)18(19,20)21/h4-6,9-10,22H,7-8H2,1-3H3. The molecule has 0 saturated heterocycles. The van der Waals surface area contributed by atoms with Crippen LogP contribution in [0.2, 0.25) is 0 Å². The number of rotatable bonds is 5. The number of anilines is 1. The third-order valence-corrected chi connectivity index (χ3v) is 4.23. The number of nitrogens with zero attached hydrogens (tertiary/aromatic N) is 3. The van der Waals surface area contributed by atoms with Gasteiger partial charge in [-0.15, -0.1) is 0 Å². The maximum atomic E-state index is 13.0. The SMILES string of the molecule is COCCNc1c(C)c(C)nc2c(-c3cccc(C(F)(F)F)c3)cnn12. The summed E-state index contributed by atoms with van der Waals surface area (Å²) in [7, 11) is 1.61. The first-order chi connectivity index (χ1) is 12.3. The van der Waals surface area contributed by atoms with Crippen LogP contribution in [0.3, 0.4) is 0 Å².